The fourth-order valence-electron chi connectivity index (χ4n) is 4.71. The number of aliphatic hydroxyl groups excluding tert-OH is 3. The van der Waals surface area contributed by atoms with Crippen molar-refractivity contribution in [2.24, 2.45) is 0 Å². The van der Waals surface area contributed by atoms with Gasteiger partial charge in [-0.25, -0.2) is 0 Å². The molecule has 216 valence electrons. The Kier molecular flexibility index (Phi) is 8.68. The Morgan fingerprint density at radius 3 is 2.28 bits per heavy atom. The van der Waals surface area contributed by atoms with Gasteiger partial charge in [-0.1, -0.05) is 26.8 Å². The largest absolute Gasteiger partial charge is 0.496 e. The Balaban J connectivity index is 1.65. The van der Waals surface area contributed by atoms with E-state index >= 15 is 0 Å². The SMILES string of the molecule is COc1ccc([C@]2(OC)O[C@H](CO[Si](C)(C)C(C)(C)C)[C@@H](O)[C@H](O)[C@H]2O)cc1Cc1ccc2c(c1)OCCO2. The molecule has 0 aliphatic carbocycles. The molecule has 0 saturated carbocycles. The lowest BCUT2D eigenvalue weighted by Crippen LogP contribution is -2.64. The average Bonchev–Trinajstić information content (AvgIpc) is 2.91. The average molecular weight is 563 g/mol. The van der Waals surface area contributed by atoms with Gasteiger partial charge < -0.3 is 43.4 Å². The van der Waals surface area contributed by atoms with Gasteiger partial charge in [0.15, 0.2) is 19.8 Å². The van der Waals surface area contributed by atoms with Gasteiger partial charge in [-0.3, -0.25) is 0 Å². The van der Waals surface area contributed by atoms with Crippen LogP contribution in [0.4, 0.5) is 0 Å². The molecule has 2 aliphatic rings. The topological polar surface area (TPSA) is 116 Å². The smallest absolute Gasteiger partial charge is 0.224 e. The van der Waals surface area contributed by atoms with E-state index < -0.39 is 38.5 Å². The van der Waals surface area contributed by atoms with E-state index in [4.69, 9.17) is 28.1 Å². The first-order chi connectivity index (χ1) is 18.3. The predicted octanol–water partition coefficient (Wildman–Crippen LogP) is 3.36. The minimum Gasteiger partial charge on any atom is -0.496 e. The third-order valence-corrected chi connectivity index (χ3v) is 12.7. The van der Waals surface area contributed by atoms with Crippen molar-refractivity contribution in [2.75, 3.05) is 34.0 Å². The van der Waals surface area contributed by atoms with Crippen molar-refractivity contribution in [2.45, 2.75) is 75.5 Å². The van der Waals surface area contributed by atoms with Crippen LogP contribution in [0.2, 0.25) is 18.1 Å². The van der Waals surface area contributed by atoms with Crippen LogP contribution in [0, 0.1) is 0 Å². The van der Waals surface area contributed by atoms with E-state index in [1.165, 1.54) is 7.11 Å². The Labute approximate surface area is 231 Å². The predicted molar refractivity (Wildman–Crippen MR) is 148 cm³/mol. The second-order valence-corrected chi connectivity index (χ2v) is 16.5. The lowest BCUT2D eigenvalue weighted by Gasteiger charge is -2.49. The number of aliphatic hydroxyl groups is 3. The second kappa shape index (κ2) is 11.4. The summed E-state index contributed by atoms with van der Waals surface area (Å²) in [5.74, 6) is 0.299. The monoisotopic (exact) mass is 562 g/mol. The van der Waals surface area contributed by atoms with Crippen LogP contribution < -0.4 is 14.2 Å². The third kappa shape index (κ3) is 5.83. The Bertz CT molecular complexity index is 1150. The lowest BCUT2D eigenvalue weighted by molar-refractivity contribution is -0.365. The molecule has 0 unspecified atom stereocenters. The zero-order valence-corrected chi connectivity index (χ0v) is 24.9. The number of hydrogen-bond acceptors (Lipinski definition) is 9. The molecule has 0 aromatic heterocycles. The molecule has 2 aromatic rings. The van der Waals surface area contributed by atoms with E-state index in [1.807, 2.05) is 24.3 Å². The van der Waals surface area contributed by atoms with Crippen molar-refractivity contribution in [3.8, 4) is 17.2 Å². The number of rotatable bonds is 8. The first-order valence-corrected chi connectivity index (χ1v) is 16.2. The van der Waals surface area contributed by atoms with Crippen molar-refractivity contribution in [1.29, 1.82) is 0 Å². The molecule has 1 fully saturated rings. The standard InChI is InChI=1S/C29H42O9Si/c1-28(2,3)39(6,7)37-17-24-25(30)26(31)27(32)29(34-5,38-24)20-9-11-21(33-4)19(16-20)14-18-8-10-22-23(15-18)36-13-12-35-22/h8-11,15-16,24-27,30-32H,12-14,17H2,1-7H3/t24-,25-,26+,27-,29+/m1/s1. The Morgan fingerprint density at radius 2 is 1.64 bits per heavy atom. The van der Waals surface area contributed by atoms with Gasteiger partial charge in [-0.15, -0.1) is 0 Å². The van der Waals surface area contributed by atoms with Crippen LogP contribution in [0.15, 0.2) is 36.4 Å². The van der Waals surface area contributed by atoms with E-state index in [2.05, 4.69) is 33.9 Å². The summed E-state index contributed by atoms with van der Waals surface area (Å²) >= 11 is 0. The van der Waals surface area contributed by atoms with E-state index in [-0.39, 0.29) is 11.6 Å². The minimum absolute atomic E-state index is 0.0484. The summed E-state index contributed by atoms with van der Waals surface area (Å²) in [6.45, 7) is 11.6. The molecule has 0 bridgehead atoms. The first-order valence-electron chi connectivity index (χ1n) is 13.3. The summed E-state index contributed by atoms with van der Waals surface area (Å²) in [7, 11) is 0.818. The molecule has 2 aliphatic heterocycles. The van der Waals surface area contributed by atoms with Gasteiger partial charge in [0.2, 0.25) is 5.79 Å². The molecule has 5 atom stereocenters. The number of ether oxygens (including phenoxy) is 5. The zero-order valence-electron chi connectivity index (χ0n) is 23.9. The van der Waals surface area contributed by atoms with Crippen molar-refractivity contribution in [1.82, 2.24) is 0 Å². The molecule has 1 saturated heterocycles. The van der Waals surface area contributed by atoms with Gasteiger partial charge >= 0.3 is 0 Å². The van der Waals surface area contributed by atoms with Gasteiger partial charge in [-0.2, -0.15) is 0 Å². The van der Waals surface area contributed by atoms with Crippen LogP contribution in [-0.2, 0) is 26.1 Å². The van der Waals surface area contributed by atoms with Gasteiger partial charge in [-0.05, 0) is 59.6 Å². The molecule has 0 amide bonds. The van der Waals surface area contributed by atoms with E-state index in [9.17, 15) is 15.3 Å². The summed E-state index contributed by atoms with van der Waals surface area (Å²) in [6.07, 6.45) is -4.87. The molecule has 9 nitrogen and oxygen atoms in total. The van der Waals surface area contributed by atoms with Gasteiger partial charge in [0.05, 0.1) is 13.7 Å². The zero-order chi connectivity index (χ0) is 28.6. The number of hydrogen-bond donors (Lipinski definition) is 3. The molecular weight excluding hydrogens is 520 g/mol. The molecule has 0 radical (unpaired) electrons. The Morgan fingerprint density at radius 1 is 0.949 bits per heavy atom. The van der Waals surface area contributed by atoms with Crippen molar-refractivity contribution < 1.29 is 43.4 Å². The summed E-state index contributed by atoms with van der Waals surface area (Å²) in [5.41, 5.74) is 2.27. The molecular formula is C29H42O9Si. The molecule has 39 heavy (non-hydrogen) atoms. The van der Waals surface area contributed by atoms with Crippen LogP contribution in [0.3, 0.4) is 0 Å². The van der Waals surface area contributed by atoms with Crippen LogP contribution in [0.1, 0.15) is 37.5 Å². The quantitative estimate of drug-likeness (QED) is 0.417. The first kappa shape index (κ1) is 29.8. The highest BCUT2D eigenvalue weighted by molar-refractivity contribution is 6.74. The molecule has 10 heteroatoms. The molecule has 4 rings (SSSR count). The van der Waals surface area contributed by atoms with Crippen LogP contribution in [0.25, 0.3) is 0 Å². The maximum Gasteiger partial charge on any atom is 0.224 e. The van der Waals surface area contributed by atoms with Gasteiger partial charge in [0, 0.05) is 19.1 Å². The second-order valence-electron chi connectivity index (χ2n) is 11.7. The normalized spacial score (nSPS) is 27.3. The number of fused-ring (bicyclic) bond motifs is 1. The van der Waals surface area contributed by atoms with Crippen molar-refractivity contribution >= 4 is 8.32 Å². The summed E-state index contributed by atoms with van der Waals surface area (Å²) < 4.78 is 35.4. The van der Waals surface area contributed by atoms with Gasteiger partial charge in [0.1, 0.15) is 43.4 Å². The third-order valence-electron chi connectivity index (χ3n) is 8.17. The number of benzene rings is 2. The maximum absolute atomic E-state index is 11.2. The summed E-state index contributed by atoms with van der Waals surface area (Å²) in [6, 6.07) is 11.1. The maximum atomic E-state index is 11.2. The lowest BCUT2D eigenvalue weighted by atomic mass is 9.86. The van der Waals surface area contributed by atoms with Crippen molar-refractivity contribution in [3.05, 3.63) is 53.1 Å². The molecule has 0 spiro atoms. The highest BCUT2D eigenvalue weighted by Crippen LogP contribution is 2.42. The van der Waals surface area contributed by atoms with Crippen LogP contribution >= 0.6 is 0 Å². The highest BCUT2D eigenvalue weighted by atomic mass is 28.4. The van der Waals surface area contributed by atoms with Crippen molar-refractivity contribution in [3.63, 3.8) is 0 Å². The summed E-state index contributed by atoms with van der Waals surface area (Å²) in [5, 5.41) is 32.8. The fraction of sp³-hybridized carbons (Fsp3) is 0.586. The van der Waals surface area contributed by atoms with E-state index in [0.29, 0.717) is 42.4 Å². The highest BCUT2D eigenvalue weighted by Gasteiger charge is 2.55. The van der Waals surface area contributed by atoms with E-state index in [0.717, 1.165) is 11.1 Å². The minimum atomic E-state index is -2.18. The van der Waals surface area contributed by atoms with Gasteiger partial charge in [0.25, 0.3) is 0 Å². The molecule has 3 N–H and O–H groups in total. The fourth-order valence-corrected chi connectivity index (χ4v) is 5.73. The molecule has 2 heterocycles. The van der Waals surface area contributed by atoms with Crippen LogP contribution in [-0.4, -0.2) is 82.1 Å². The Hall–Kier alpha value is -2.18. The number of methoxy groups -OCH3 is 2. The summed E-state index contributed by atoms with van der Waals surface area (Å²) in [4.78, 5) is 0. The molecule has 2 aromatic carbocycles. The van der Waals surface area contributed by atoms with Crippen LogP contribution in [0.5, 0.6) is 17.2 Å². The van der Waals surface area contributed by atoms with E-state index in [1.54, 1.807) is 19.2 Å².